The van der Waals surface area contributed by atoms with Crippen LogP contribution in [0.1, 0.15) is 12.0 Å². The Bertz CT molecular complexity index is 557. The van der Waals surface area contributed by atoms with Crippen molar-refractivity contribution in [3.05, 3.63) is 39.5 Å². The zero-order chi connectivity index (χ0) is 13.1. The molecule has 2 heterocycles. The molecule has 2 aromatic rings. The lowest BCUT2D eigenvalue weighted by Gasteiger charge is -2.12. The van der Waals surface area contributed by atoms with Gasteiger partial charge < -0.3 is 14.8 Å². The highest BCUT2D eigenvalue weighted by Crippen LogP contribution is 2.38. The first-order valence-corrected chi connectivity index (χ1v) is 7.49. The number of nitrogens with one attached hydrogen (secondary N) is 1. The van der Waals surface area contributed by atoms with Gasteiger partial charge in [-0.2, -0.15) is 11.3 Å². The van der Waals surface area contributed by atoms with Gasteiger partial charge in [0, 0.05) is 24.0 Å². The molecule has 5 heteroatoms. The van der Waals surface area contributed by atoms with Gasteiger partial charge in [0.2, 0.25) is 0 Å². The van der Waals surface area contributed by atoms with Crippen LogP contribution >= 0.6 is 22.9 Å². The van der Waals surface area contributed by atoms with E-state index in [0.29, 0.717) is 30.5 Å². The molecule has 1 aromatic heterocycles. The van der Waals surface area contributed by atoms with Crippen molar-refractivity contribution in [2.24, 2.45) is 0 Å². The minimum atomic E-state index is 0.613. The summed E-state index contributed by atoms with van der Waals surface area (Å²) in [5.74, 6) is 1.41. The van der Waals surface area contributed by atoms with Crippen molar-refractivity contribution in [1.29, 1.82) is 0 Å². The maximum atomic E-state index is 6.25. The first-order chi connectivity index (χ1) is 9.33. The second-order valence-electron chi connectivity index (χ2n) is 4.32. The van der Waals surface area contributed by atoms with E-state index in [9.17, 15) is 0 Å². The summed E-state index contributed by atoms with van der Waals surface area (Å²) >= 11 is 7.92. The van der Waals surface area contributed by atoms with E-state index in [1.807, 2.05) is 17.5 Å². The van der Waals surface area contributed by atoms with Crippen LogP contribution in [0.25, 0.3) is 0 Å². The summed E-state index contributed by atoms with van der Waals surface area (Å²) in [5.41, 5.74) is 2.20. The van der Waals surface area contributed by atoms with Crippen molar-refractivity contribution in [2.75, 3.05) is 18.5 Å². The number of anilines is 1. The first-order valence-electron chi connectivity index (χ1n) is 6.17. The van der Waals surface area contributed by atoms with Crippen LogP contribution in [-0.4, -0.2) is 13.2 Å². The quantitative estimate of drug-likeness (QED) is 0.921. The van der Waals surface area contributed by atoms with E-state index in [1.165, 1.54) is 0 Å². The smallest absolute Gasteiger partial charge is 0.179 e. The van der Waals surface area contributed by atoms with Gasteiger partial charge in [-0.3, -0.25) is 0 Å². The fraction of sp³-hybridized carbons (Fsp3) is 0.286. The average molecular weight is 296 g/mol. The van der Waals surface area contributed by atoms with Crippen LogP contribution in [0.2, 0.25) is 5.02 Å². The highest BCUT2D eigenvalue weighted by molar-refractivity contribution is 7.08. The molecule has 0 bridgehead atoms. The van der Waals surface area contributed by atoms with Crippen molar-refractivity contribution >= 4 is 28.6 Å². The molecule has 3 rings (SSSR count). The van der Waals surface area contributed by atoms with Gasteiger partial charge in [-0.05, 0) is 29.1 Å². The number of hydrogen-bond acceptors (Lipinski definition) is 4. The molecule has 0 radical (unpaired) electrons. The van der Waals surface area contributed by atoms with E-state index < -0.39 is 0 Å². The van der Waals surface area contributed by atoms with Crippen LogP contribution in [0.4, 0.5) is 5.69 Å². The number of halogens is 1. The van der Waals surface area contributed by atoms with Crippen LogP contribution in [0.15, 0.2) is 29.0 Å². The lowest BCUT2D eigenvalue weighted by Crippen LogP contribution is -2.00. The molecule has 0 unspecified atom stereocenters. The summed E-state index contributed by atoms with van der Waals surface area (Å²) in [5, 5.41) is 8.08. The molecule has 0 atom stereocenters. The van der Waals surface area contributed by atoms with Gasteiger partial charge in [0.1, 0.15) is 0 Å². The van der Waals surface area contributed by atoms with E-state index in [4.69, 9.17) is 21.1 Å². The van der Waals surface area contributed by atoms with Crippen LogP contribution in [0, 0.1) is 0 Å². The molecule has 0 saturated carbocycles. The molecule has 0 spiro atoms. The van der Waals surface area contributed by atoms with Crippen LogP contribution in [-0.2, 0) is 6.54 Å². The van der Waals surface area contributed by atoms with E-state index in [1.54, 1.807) is 11.3 Å². The van der Waals surface area contributed by atoms with Gasteiger partial charge in [0.25, 0.3) is 0 Å². The summed E-state index contributed by atoms with van der Waals surface area (Å²) in [7, 11) is 0. The largest absolute Gasteiger partial charge is 0.489 e. The average Bonchev–Trinajstić information content (AvgIpc) is 2.81. The van der Waals surface area contributed by atoms with Gasteiger partial charge in [-0.25, -0.2) is 0 Å². The maximum Gasteiger partial charge on any atom is 0.179 e. The van der Waals surface area contributed by atoms with Crippen LogP contribution in [0.5, 0.6) is 11.5 Å². The number of fused-ring (bicyclic) bond motifs is 1. The topological polar surface area (TPSA) is 30.5 Å². The Balaban J connectivity index is 1.79. The third kappa shape index (κ3) is 2.96. The van der Waals surface area contributed by atoms with Gasteiger partial charge in [0.05, 0.1) is 18.2 Å². The molecule has 3 nitrogen and oxygen atoms in total. The molecule has 19 heavy (non-hydrogen) atoms. The molecule has 1 aliphatic heterocycles. The third-order valence-electron chi connectivity index (χ3n) is 2.88. The van der Waals surface area contributed by atoms with Crippen LogP contribution in [0.3, 0.4) is 0 Å². The Morgan fingerprint density at radius 3 is 3.00 bits per heavy atom. The second-order valence-corrected chi connectivity index (χ2v) is 5.51. The third-order valence-corrected chi connectivity index (χ3v) is 3.84. The van der Waals surface area contributed by atoms with Crippen molar-refractivity contribution < 1.29 is 9.47 Å². The highest BCUT2D eigenvalue weighted by Gasteiger charge is 2.15. The van der Waals surface area contributed by atoms with Gasteiger partial charge in [0.15, 0.2) is 11.5 Å². The molecule has 0 fully saturated rings. The molecule has 100 valence electrons. The number of hydrogen-bond donors (Lipinski definition) is 1. The van der Waals surface area contributed by atoms with Crippen molar-refractivity contribution in [2.45, 2.75) is 13.0 Å². The zero-order valence-corrected chi connectivity index (χ0v) is 11.9. The second kappa shape index (κ2) is 5.72. The highest BCUT2D eigenvalue weighted by atomic mass is 35.5. The number of ether oxygens (including phenoxy) is 2. The number of thiophene rings is 1. The van der Waals surface area contributed by atoms with Crippen LogP contribution < -0.4 is 14.8 Å². The summed E-state index contributed by atoms with van der Waals surface area (Å²) in [6.45, 7) is 2.04. The van der Waals surface area contributed by atoms with Gasteiger partial charge in [-0.15, -0.1) is 0 Å². The standard InChI is InChI=1S/C14H14ClNO2S/c15-12-6-10(8-16-11-2-5-19-9-11)7-13-14(12)18-4-1-3-17-13/h2,5-7,9,16H,1,3-4,8H2. The summed E-state index contributed by atoms with van der Waals surface area (Å²) in [6, 6.07) is 5.97. The minimum absolute atomic E-state index is 0.613. The molecule has 0 aliphatic carbocycles. The summed E-state index contributed by atoms with van der Waals surface area (Å²) < 4.78 is 11.3. The SMILES string of the molecule is Clc1cc(CNc2ccsc2)cc2c1OCCCO2. The fourth-order valence-electron chi connectivity index (χ4n) is 1.96. The summed E-state index contributed by atoms with van der Waals surface area (Å²) in [6.07, 6.45) is 0.882. The Morgan fingerprint density at radius 1 is 1.26 bits per heavy atom. The number of benzene rings is 1. The molecule has 1 aromatic carbocycles. The molecule has 1 aliphatic rings. The molecular formula is C14H14ClNO2S. The van der Waals surface area contributed by atoms with Crippen molar-refractivity contribution in [3.8, 4) is 11.5 Å². The predicted molar refractivity (Wildman–Crippen MR) is 78.7 cm³/mol. The van der Waals surface area contributed by atoms with Crippen molar-refractivity contribution in [3.63, 3.8) is 0 Å². The Hall–Kier alpha value is -1.39. The van der Waals surface area contributed by atoms with Crippen molar-refractivity contribution in [1.82, 2.24) is 0 Å². The van der Waals surface area contributed by atoms with E-state index in [2.05, 4.69) is 16.8 Å². The molecule has 0 saturated heterocycles. The fourth-order valence-corrected chi connectivity index (χ4v) is 2.86. The van der Waals surface area contributed by atoms with Gasteiger partial charge in [-0.1, -0.05) is 11.6 Å². The normalized spacial score (nSPS) is 13.9. The van der Waals surface area contributed by atoms with E-state index in [-0.39, 0.29) is 0 Å². The molecule has 1 N–H and O–H groups in total. The van der Waals surface area contributed by atoms with E-state index >= 15 is 0 Å². The first kappa shape index (κ1) is 12.6. The lowest BCUT2D eigenvalue weighted by molar-refractivity contribution is 0.297. The van der Waals surface area contributed by atoms with E-state index in [0.717, 1.165) is 23.4 Å². The Kier molecular flexibility index (Phi) is 3.80. The Morgan fingerprint density at radius 2 is 2.16 bits per heavy atom. The predicted octanol–water partition coefficient (Wildman–Crippen LogP) is 4.17. The number of rotatable bonds is 3. The lowest BCUT2D eigenvalue weighted by atomic mass is 10.2. The maximum absolute atomic E-state index is 6.25. The molecule has 0 amide bonds. The zero-order valence-electron chi connectivity index (χ0n) is 10.3. The summed E-state index contributed by atoms with van der Waals surface area (Å²) in [4.78, 5) is 0. The Labute approximate surface area is 121 Å². The molecular weight excluding hydrogens is 282 g/mol. The minimum Gasteiger partial charge on any atom is -0.489 e. The monoisotopic (exact) mass is 295 g/mol. The van der Waals surface area contributed by atoms with Gasteiger partial charge >= 0.3 is 0 Å².